The lowest BCUT2D eigenvalue weighted by molar-refractivity contribution is 0.102. The van der Waals surface area contributed by atoms with Crippen LogP contribution in [0.1, 0.15) is 27.3 Å². The van der Waals surface area contributed by atoms with Crippen molar-refractivity contribution in [3.8, 4) is 0 Å². The summed E-state index contributed by atoms with van der Waals surface area (Å²) < 4.78 is 0. The quantitative estimate of drug-likeness (QED) is 0.597. The molecule has 104 valence electrons. The Hall–Kier alpha value is -1.70. The van der Waals surface area contributed by atoms with E-state index in [0.29, 0.717) is 21.5 Å². The Labute approximate surface area is 124 Å². The Morgan fingerprint density at radius 2 is 2.30 bits per heavy atom. The van der Waals surface area contributed by atoms with Gasteiger partial charge in [-0.2, -0.15) is 0 Å². The van der Waals surface area contributed by atoms with Crippen molar-refractivity contribution in [3.63, 3.8) is 0 Å². The SMILES string of the molecule is NNc1ncc(C(=O)Nc2nc3c(s2)CCC3)cc1Cl. The van der Waals surface area contributed by atoms with Gasteiger partial charge >= 0.3 is 0 Å². The van der Waals surface area contributed by atoms with Gasteiger partial charge in [0.25, 0.3) is 5.91 Å². The number of nitrogens with one attached hydrogen (secondary N) is 2. The van der Waals surface area contributed by atoms with Gasteiger partial charge in [-0.15, -0.1) is 11.3 Å². The molecule has 1 amide bonds. The van der Waals surface area contributed by atoms with Gasteiger partial charge in [0.15, 0.2) is 10.9 Å². The topological polar surface area (TPSA) is 92.9 Å². The van der Waals surface area contributed by atoms with E-state index in [4.69, 9.17) is 17.4 Å². The highest BCUT2D eigenvalue weighted by molar-refractivity contribution is 7.16. The number of nitrogens with zero attached hydrogens (tertiary/aromatic N) is 2. The van der Waals surface area contributed by atoms with E-state index in [1.807, 2.05) is 0 Å². The molecule has 8 heteroatoms. The molecule has 0 fully saturated rings. The second kappa shape index (κ2) is 5.35. The summed E-state index contributed by atoms with van der Waals surface area (Å²) >= 11 is 7.47. The monoisotopic (exact) mass is 309 g/mol. The lowest BCUT2D eigenvalue weighted by Gasteiger charge is -2.05. The average Bonchev–Trinajstić information content (AvgIpc) is 2.99. The van der Waals surface area contributed by atoms with Crippen LogP contribution in [0.2, 0.25) is 5.02 Å². The highest BCUT2D eigenvalue weighted by Crippen LogP contribution is 2.30. The first-order valence-electron chi connectivity index (χ1n) is 6.09. The lowest BCUT2D eigenvalue weighted by atomic mass is 10.2. The fourth-order valence-corrected chi connectivity index (χ4v) is 3.35. The third kappa shape index (κ3) is 2.47. The van der Waals surface area contributed by atoms with Crippen molar-refractivity contribution in [3.05, 3.63) is 33.4 Å². The van der Waals surface area contributed by atoms with Crippen LogP contribution in [0.25, 0.3) is 0 Å². The molecule has 0 spiro atoms. The molecule has 1 aliphatic rings. The van der Waals surface area contributed by atoms with Crippen molar-refractivity contribution in [2.24, 2.45) is 5.84 Å². The van der Waals surface area contributed by atoms with E-state index in [-0.39, 0.29) is 5.91 Å². The lowest BCUT2D eigenvalue weighted by Crippen LogP contribution is -2.14. The average molecular weight is 310 g/mol. The number of halogens is 1. The van der Waals surface area contributed by atoms with Crippen molar-refractivity contribution in [1.82, 2.24) is 9.97 Å². The molecule has 0 saturated heterocycles. The number of carbonyl (C=O) groups is 1. The first-order chi connectivity index (χ1) is 9.67. The van der Waals surface area contributed by atoms with Crippen molar-refractivity contribution in [1.29, 1.82) is 0 Å². The predicted molar refractivity (Wildman–Crippen MR) is 79.1 cm³/mol. The van der Waals surface area contributed by atoms with Gasteiger partial charge in [-0.1, -0.05) is 11.6 Å². The maximum absolute atomic E-state index is 12.1. The second-order valence-electron chi connectivity index (χ2n) is 4.40. The summed E-state index contributed by atoms with van der Waals surface area (Å²) in [5, 5.41) is 3.69. The Balaban J connectivity index is 1.77. The van der Waals surface area contributed by atoms with Crippen LogP contribution in [0.5, 0.6) is 0 Å². The molecule has 0 aromatic carbocycles. The molecule has 2 aromatic heterocycles. The van der Waals surface area contributed by atoms with Gasteiger partial charge in [0.1, 0.15) is 0 Å². The highest BCUT2D eigenvalue weighted by atomic mass is 35.5. The predicted octanol–water partition coefficient (Wildman–Crippen LogP) is 2.22. The van der Waals surface area contributed by atoms with Crippen molar-refractivity contribution in [2.75, 3.05) is 10.7 Å². The molecule has 0 bridgehead atoms. The van der Waals surface area contributed by atoms with Crippen molar-refractivity contribution >= 4 is 39.8 Å². The van der Waals surface area contributed by atoms with Crippen LogP contribution < -0.4 is 16.6 Å². The maximum atomic E-state index is 12.1. The summed E-state index contributed by atoms with van der Waals surface area (Å²) in [6.07, 6.45) is 4.60. The van der Waals surface area contributed by atoms with Crippen molar-refractivity contribution < 1.29 is 4.79 Å². The van der Waals surface area contributed by atoms with E-state index in [0.717, 1.165) is 25.0 Å². The maximum Gasteiger partial charge on any atom is 0.259 e. The summed E-state index contributed by atoms with van der Waals surface area (Å²) in [6.45, 7) is 0. The van der Waals surface area contributed by atoms with Gasteiger partial charge in [-0.25, -0.2) is 15.8 Å². The molecular weight excluding hydrogens is 298 g/mol. The van der Waals surface area contributed by atoms with Crippen LogP contribution in [-0.2, 0) is 12.8 Å². The molecular formula is C12H12ClN5OS. The van der Waals surface area contributed by atoms with E-state index in [1.54, 1.807) is 0 Å². The summed E-state index contributed by atoms with van der Waals surface area (Å²) in [5.74, 6) is 5.28. The van der Waals surface area contributed by atoms with Gasteiger partial charge in [0.2, 0.25) is 0 Å². The van der Waals surface area contributed by atoms with Crippen molar-refractivity contribution in [2.45, 2.75) is 19.3 Å². The second-order valence-corrected chi connectivity index (χ2v) is 5.89. The molecule has 6 nitrogen and oxygen atoms in total. The van der Waals surface area contributed by atoms with Crippen LogP contribution in [-0.4, -0.2) is 15.9 Å². The summed E-state index contributed by atoms with van der Waals surface area (Å²) in [7, 11) is 0. The number of aromatic nitrogens is 2. The molecule has 2 heterocycles. The van der Waals surface area contributed by atoms with Crippen LogP contribution in [0, 0.1) is 0 Å². The number of rotatable bonds is 3. The molecule has 3 rings (SSSR count). The highest BCUT2D eigenvalue weighted by Gasteiger charge is 2.18. The minimum atomic E-state index is -0.282. The molecule has 2 aromatic rings. The Kier molecular flexibility index (Phi) is 3.56. The number of thiazole rings is 1. The number of aryl methyl sites for hydroxylation is 2. The van der Waals surface area contributed by atoms with Gasteiger partial charge in [0.05, 0.1) is 16.3 Å². The molecule has 1 aliphatic carbocycles. The number of carbonyl (C=O) groups excluding carboxylic acids is 1. The molecule has 0 saturated carbocycles. The zero-order valence-corrected chi connectivity index (χ0v) is 12.0. The molecule has 4 N–H and O–H groups in total. The molecule has 0 radical (unpaired) electrons. The zero-order valence-electron chi connectivity index (χ0n) is 10.4. The fraction of sp³-hybridized carbons (Fsp3) is 0.250. The van der Waals surface area contributed by atoms with E-state index in [1.165, 1.54) is 28.5 Å². The van der Waals surface area contributed by atoms with Gasteiger partial charge < -0.3 is 5.43 Å². The first-order valence-corrected chi connectivity index (χ1v) is 7.29. The summed E-state index contributed by atoms with van der Waals surface area (Å²) in [6, 6.07) is 1.51. The van der Waals surface area contributed by atoms with Gasteiger partial charge in [-0.3, -0.25) is 10.1 Å². The fourth-order valence-electron chi connectivity index (χ4n) is 2.08. The Bertz CT molecular complexity index is 650. The van der Waals surface area contributed by atoms with E-state index in [2.05, 4.69) is 20.7 Å². The third-order valence-electron chi connectivity index (χ3n) is 3.06. The Morgan fingerprint density at radius 1 is 1.45 bits per heavy atom. The van der Waals surface area contributed by atoms with Crippen LogP contribution >= 0.6 is 22.9 Å². The number of amides is 1. The van der Waals surface area contributed by atoms with Crippen LogP contribution in [0.15, 0.2) is 12.3 Å². The number of nitrogen functional groups attached to an aromatic ring is 1. The number of pyridine rings is 1. The minimum absolute atomic E-state index is 0.282. The van der Waals surface area contributed by atoms with E-state index < -0.39 is 0 Å². The van der Waals surface area contributed by atoms with Crippen LogP contribution in [0.3, 0.4) is 0 Å². The molecule has 20 heavy (non-hydrogen) atoms. The number of anilines is 2. The van der Waals surface area contributed by atoms with E-state index >= 15 is 0 Å². The third-order valence-corrected chi connectivity index (χ3v) is 4.42. The normalized spacial score (nSPS) is 13.1. The Morgan fingerprint density at radius 3 is 3.00 bits per heavy atom. The minimum Gasteiger partial charge on any atom is -0.307 e. The number of hydrogen-bond acceptors (Lipinski definition) is 6. The summed E-state index contributed by atoms with van der Waals surface area (Å²) in [4.78, 5) is 21.7. The first kappa shape index (κ1) is 13.3. The van der Waals surface area contributed by atoms with Gasteiger partial charge in [0, 0.05) is 11.1 Å². The van der Waals surface area contributed by atoms with Crippen LogP contribution in [0.4, 0.5) is 10.9 Å². The number of fused-ring (bicyclic) bond motifs is 1. The number of hydrazine groups is 1. The van der Waals surface area contributed by atoms with Gasteiger partial charge in [-0.05, 0) is 25.3 Å². The smallest absolute Gasteiger partial charge is 0.259 e. The standard InChI is InChI=1S/C12H12ClN5OS/c13-7-4-6(5-15-10(7)18-14)11(19)17-12-16-8-2-1-3-9(8)20-12/h4-5H,1-3,14H2,(H,15,18)(H,16,17,19). The molecule has 0 aliphatic heterocycles. The number of hydrogen-bond donors (Lipinski definition) is 3. The summed E-state index contributed by atoms with van der Waals surface area (Å²) in [5.41, 5.74) is 3.82. The molecule has 0 atom stereocenters. The number of nitrogens with two attached hydrogens (primary N) is 1. The zero-order chi connectivity index (χ0) is 14.1. The van der Waals surface area contributed by atoms with E-state index in [9.17, 15) is 4.79 Å². The molecule has 0 unspecified atom stereocenters. The largest absolute Gasteiger partial charge is 0.307 e.